The number of amides is 1. The number of nitrogens with one attached hydrogen (secondary N) is 1. The van der Waals surface area contributed by atoms with E-state index in [1.807, 2.05) is 0 Å². The Kier molecular flexibility index (Phi) is 5.05. The van der Waals surface area contributed by atoms with Gasteiger partial charge in [-0.1, -0.05) is 12.1 Å². The Labute approximate surface area is 94.6 Å². The van der Waals surface area contributed by atoms with Gasteiger partial charge >= 0.3 is 0 Å². The maximum absolute atomic E-state index is 10.9. The standard InChI is InChI=1S/C12H15NO3/c1-13-12(15)7-4-8-16-11-6-3-2-5-10(11)9-14/h2-3,5-6,9H,4,7-8H2,1H3,(H,13,15). The van der Waals surface area contributed by atoms with Crippen LogP contribution < -0.4 is 10.1 Å². The summed E-state index contributed by atoms with van der Waals surface area (Å²) in [6, 6.07) is 7.02. The molecule has 0 aromatic heterocycles. The topological polar surface area (TPSA) is 55.4 Å². The molecule has 0 unspecified atom stereocenters. The molecule has 1 aromatic carbocycles. The number of rotatable bonds is 6. The zero-order valence-electron chi connectivity index (χ0n) is 9.23. The molecule has 0 aliphatic rings. The summed E-state index contributed by atoms with van der Waals surface area (Å²) >= 11 is 0. The SMILES string of the molecule is CNC(=O)CCCOc1ccccc1C=O. The highest BCUT2D eigenvalue weighted by Crippen LogP contribution is 2.15. The van der Waals surface area contributed by atoms with Crippen molar-refractivity contribution in [3.63, 3.8) is 0 Å². The van der Waals surface area contributed by atoms with Crippen molar-refractivity contribution in [2.24, 2.45) is 0 Å². The molecule has 0 bridgehead atoms. The zero-order valence-corrected chi connectivity index (χ0v) is 9.23. The highest BCUT2D eigenvalue weighted by Gasteiger charge is 2.02. The summed E-state index contributed by atoms with van der Waals surface area (Å²) < 4.78 is 5.41. The van der Waals surface area contributed by atoms with E-state index in [-0.39, 0.29) is 5.91 Å². The molecule has 0 aliphatic heterocycles. The first kappa shape index (κ1) is 12.2. The van der Waals surface area contributed by atoms with E-state index in [9.17, 15) is 9.59 Å². The molecule has 0 atom stereocenters. The minimum absolute atomic E-state index is 0.00716. The third kappa shape index (κ3) is 3.73. The van der Waals surface area contributed by atoms with Crippen molar-refractivity contribution in [3.05, 3.63) is 29.8 Å². The fourth-order valence-corrected chi connectivity index (χ4v) is 1.25. The van der Waals surface area contributed by atoms with Gasteiger partial charge in [-0.05, 0) is 18.6 Å². The van der Waals surface area contributed by atoms with Crippen molar-refractivity contribution in [1.82, 2.24) is 5.32 Å². The molecular formula is C12H15NO3. The minimum Gasteiger partial charge on any atom is -0.493 e. The molecule has 4 nitrogen and oxygen atoms in total. The van der Waals surface area contributed by atoms with Crippen LogP contribution in [0.4, 0.5) is 0 Å². The zero-order chi connectivity index (χ0) is 11.8. The Morgan fingerprint density at radius 1 is 1.44 bits per heavy atom. The summed E-state index contributed by atoms with van der Waals surface area (Å²) in [6.45, 7) is 0.429. The van der Waals surface area contributed by atoms with Gasteiger partial charge in [0.1, 0.15) is 5.75 Å². The smallest absolute Gasteiger partial charge is 0.219 e. The van der Waals surface area contributed by atoms with E-state index in [1.54, 1.807) is 31.3 Å². The van der Waals surface area contributed by atoms with Gasteiger partial charge in [-0.25, -0.2) is 0 Å². The van der Waals surface area contributed by atoms with E-state index < -0.39 is 0 Å². The van der Waals surface area contributed by atoms with E-state index in [2.05, 4.69) is 5.32 Å². The van der Waals surface area contributed by atoms with Crippen LogP contribution in [0.1, 0.15) is 23.2 Å². The van der Waals surface area contributed by atoms with Crippen molar-refractivity contribution in [2.45, 2.75) is 12.8 Å². The number of ether oxygens (including phenoxy) is 1. The minimum atomic E-state index is -0.00716. The van der Waals surface area contributed by atoms with Crippen LogP contribution >= 0.6 is 0 Å². The average molecular weight is 221 g/mol. The van der Waals surface area contributed by atoms with Crippen LogP contribution in [0, 0.1) is 0 Å². The van der Waals surface area contributed by atoms with Gasteiger partial charge in [-0.2, -0.15) is 0 Å². The summed E-state index contributed by atoms with van der Waals surface area (Å²) in [4.78, 5) is 21.6. The van der Waals surface area contributed by atoms with Crippen molar-refractivity contribution < 1.29 is 14.3 Å². The van der Waals surface area contributed by atoms with Crippen molar-refractivity contribution in [3.8, 4) is 5.75 Å². The van der Waals surface area contributed by atoms with Crippen LogP contribution in [0.2, 0.25) is 0 Å². The Bertz CT molecular complexity index is 363. The van der Waals surface area contributed by atoms with Crippen molar-refractivity contribution in [2.75, 3.05) is 13.7 Å². The number of carbonyl (C=O) groups is 2. The van der Waals surface area contributed by atoms with E-state index in [0.717, 1.165) is 6.29 Å². The lowest BCUT2D eigenvalue weighted by Crippen LogP contribution is -2.18. The van der Waals surface area contributed by atoms with E-state index in [4.69, 9.17) is 4.74 Å². The first-order valence-corrected chi connectivity index (χ1v) is 5.15. The van der Waals surface area contributed by atoms with Gasteiger partial charge in [-0.15, -0.1) is 0 Å². The molecule has 0 heterocycles. The molecule has 1 aromatic rings. The second kappa shape index (κ2) is 6.61. The lowest BCUT2D eigenvalue weighted by atomic mass is 10.2. The third-order valence-electron chi connectivity index (χ3n) is 2.13. The third-order valence-corrected chi connectivity index (χ3v) is 2.13. The quantitative estimate of drug-likeness (QED) is 0.583. The maximum Gasteiger partial charge on any atom is 0.219 e. The average Bonchev–Trinajstić information content (AvgIpc) is 2.34. The Morgan fingerprint density at radius 3 is 2.88 bits per heavy atom. The molecule has 4 heteroatoms. The predicted octanol–water partition coefficient (Wildman–Crippen LogP) is 1.40. The lowest BCUT2D eigenvalue weighted by Gasteiger charge is -2.07. The van der Waals surface area contributed by atoms with Crippen LogP contribution in [-0.4, -0.2) is 25.8 Å². The van der Waals surface area contributed by atoms with Crippen LogP contribution in [0.5, 0.6) is 5.75 Å². The summed E-state index contributed by atoms with van der Waals surface area (Å²) in [5.74, 6) is 0.557. The molecule has 0 aliphatic carbocycles. The second-order valence-electron chi connectivity index (χ2n) is 3.28. The lowest BCUT2D eigenvalue weighted by molar-refractivity contribution is -0.120. The molecule has 0 fully saturated rings. The number of hydrogen-bond donors (Lipinski definition) is 1. The summed E-state index contributed by atoms with van der Waals surface area (Å²) in [5, 5.41) is 2.54. The number of para-hydroxylation sites is 1. The van der Waals surface area contributed by atoms with Crippen LogP contribution in [0.15, 0.2) is 24.3 Å². The second-order valence-corrected chi connectivity index (χ2v) is 3.28. The van der Waals surface area contributed by atoms with Crippen molar-refractivity contribution in [1.29, 1.82) is 0 Å². The maximum atomic E-state index is 10.9. The van der Waals surface area contributed by atoms with Crippen molar-refractivity contribution >= 4 is 12.2 Å². The highest BCUT2D eigenvalue weighted by molar-refractivity contribution is 5.79. The first-order valence-electron chi connectivity index (χ1n) is 5.15. The molecule has 0 saturated carbocycles. The Morgan fingerprint density at radius 2 is 2.19 bits per heavy atom. The van der Waals surface area contributed by atoms with Gasteiger partial charge < -0.3 is 10.1 Å². The molecule has 1 amide bonds. The van der Waals surface area contributed by atoms with Gasteiger partial charge in [0.15, 0.2) is 6.29 Å². The molecule has 0 radical (unpaired) electrons. The summed E-state index contributed by atoms with van der Waals surface area (Å²) in [6.07, 6.45) is 1.82. The molecule has 16 heavy (non-hydrogen) atoms. The summed E-state index contributed by atoms with van der Waals surface area (Å²) in [5.41, 5.74) is 0.530. The largest absolute Gasteiger partial charge is 0.493 e. The highest BCUT2D eigenvalue weighted by atomic mass is 16.5. The number of benzene rings is 1. The summed E-state index contributed by atoms with van der Waals surface area (Å²) in [7, 11) is 1.60. The Hall–Kier alpha value is -1.84. The van der Waals surface area contributed by atoms with E-state index in [1.165, 1.54) is 0 Å². The fraction of sp³-hybridized carbons (Fsp3) is 0.333. The van der Waals surface area contributed by atoms with Gasteiger partial charge in [0.05, 0.1) is 12.2 Å². The Balaban J connectivity index is 2.37. The van der Waals surface area contributed by atoms with Gasteiger partial charge in [-0.3, -0.25) is 9.59 Å². The van der Waals surface area contributed by atoms with Crippen LogP contribution in [0.25, 0.3) is 0 Å². The molecule has 1 rings (SSSR count). The molecule has 0 saturated heterocycles. The molecule has 86 valence electrons. The normalized spacial score (nSPS) is 9.56. The van der Waals surface area contributed by atoms with Gasteiger partial charge in [0.2, 0.25) is 5.91 Å². The number of carbonyl (C=O) groups excluding carboxylic acids is 2. The van der Waals surface area contributed by atoms with E-state index in [0.29, 0.717) is 30.8 Å². The monoisotopic (exact) mass is 221 g/mol. The first-order chi connectivity index (χ1) is 7.77. The number of hydrogen-bond acceptors (Lipinski definition) is 3. The van der Waals surface area contributed by atoms with Crippen LogP contribution in [0.3, 0.4) is 0 Å². The molecule has 0 spiro atoms. The van der Waals surface area contributed by atoms with Gasteiger partial charge in [0, 0.05) is 13.5 Å². The fourth-order valence-electron chi connectivity index (χ4n) is 1.25. The van der Waals surface area contributed by atoms with Crippen LogP contribution in [-0.2, 0) is 4.79 Å². The molecule has 1 N–H and O–H groups in total. The van der Waals surface area contributed by atoms with Gasteiger partial charge in [0.25, 0.3) is 0 Å². The van der Waals surface area contributed by atoms with E-state index >= 15 is 0 Å². The predicted molar refractivity (Wildman–Crippen MR) is 60.6 cm³/mol. The number of aldehydes is 1. The molecular weight excluding hydrogens is 206 g/mol.